The predicted octanol–water partition coefficient (Wildman–Crippen LogP) is 0.356. The molecule has 1 rings (SSSR count). The van der Waals surface area contributed by atoms with Crippen molar-refractivity contribution < 1.29 is 10.0 Å². The first kappa shape index (κ1) is 7.44. The molecule has 1 aliphatic rings. The molecule has 1 aliphatic heterocycles. The Labute approximate surface area is 59.8 Å². The lowest BCUT2D eigenvalue weighted by Crippen LogP contribution is -2.23. The Bertz CT molecular complexity index is 83.0. The summed E-state index contributed by atoms with van der Waals surface area (Å²) in [6.07, 6.45) is 1.92. The van der Waals surface area contributed by atoms with Crippen LogP contribution in [0.5, 0.6) is 0 Å². The van der Waals surface area contributed by atoms with Crippen molar-refractivity contribution in [1.29, 1.82) is 0 Å². The molecular weight excluding hydrogens is 135 g/mol. The van der Waals surface area contributed by atoms with Gasteiger partial charge in [0.15, 0.2) is 0 Å². The standard InChI is InChI=1S/C5H11BO2S/c7-6(8)5-1-3-9-4-2-5/h5,7-8H,1-4H2. The van der Waals surface area contributed by atoms with Gasteiger partial charge in [0, 0.05) is 0 Å². The van der Waals surface area contributed by atoms with Crippen molar-refractivity contribution in [2.45, 2.75) is 18.7 Å². The Kier molecular flexibility index (Phi) is 2.89. The van der Waals surface area contributed by atoms with Crippen LogP contribution in [0, 0.1) is 0 Å². The average molecular weight is 146 g/mol. The molecule has 0 atom stereocenters. The maximum absolute atomic E-state index is 8.72. The van der Waals surface area contributed by atoms with Gasteiger partial charge in [0.25, 0.3) is 0 Å². The minimum Gasteiger partial charge on any atom is -0.427 e. The van der Waals surface area contributed by atoms with Crippen LogP contribution >= 0.6 is 11.8 Å². The number of rotatable bonds is 1. The van der Waals surface area contributed by atoms with Gasteiger partial charge in [0.2, 0.25) is 0 Å². The van der Waals surface area contributed by atoms with Crippen molar-refractivity contribution in [3.63, 3.8) is 0 Å². The molecule has 0 bridgehead atoms. The van der Waals surface area contributed by atoms with E-state index in [0.717, 1.165) is 24.3 Å². The molecule has 0 saturated carbocycles. The van der Waals surface area contributed by atoms with Gasteiger partial charge in [-0.2, -0.15) is 11.8 Å². The van der Waals surface area contributed by atoms with Crippen LogP contribution in [0.2, 0.25) is 5.82 Å². The van der Waals surface area contributed by atoms with E-state index in [-0.39, 0.29) is 5.82 Å². The van der Waals surface area contributed by atoms with Gasteiger partial charge in [-0.1, -0.05) is 0 Å². The van der Waals surface area contributed by atoms with Crippen LogP contribution in [0.4, 0.5) is 0 Å². The molecule has 0 aromatic rings. The van der Waals surface area contributed by atoms with Gasteiger partial charge in [-0.15, -0.1) is 0 Å². The highest BCUT2D eigenvalue weighted by Crippen LogP contribution is 2.27. The van der Waals surface area contributed by atoms with Gasteiger partial charge < -0.3 is 10.0 Å². The van der Waals surface area contributed by atoms with Crippen molar-refractivity contribution in [1.82, 2.24) is 0 Å². The summed E-state index contributed by atoms with van der Waals surface area (Å²) in [4.78, 5) is 0. The van der Waals surface area contributed by atoms with Crippen LogP contribution in [0.15, 0.2) is 0 Å². The Hall–Kier alpha value is 0.335. The highest BCUT2D eigenvalue weighted by atomic mass is 32.2. The zero-order valence-corrected chi connectivity index (χ0v) is 6.10. The third kappa shape index (κ3) is 2.20. The third-order valence-corrected chi connectivity index (χ3v) is 2.74. The molecule has 0 amide bonds. The van der Waals surface area contributed by atoms with Gasteiger partial charge in [-0.25, -0.2) is 0 Å². The quantitative estimate of drug-likeness (QED) is 0.524. The van der Waals surface area contributed by atoms with Gasteiger partial charge >= 0.3 is 7.12 Å². The first-order chi connectivity index (χ1) is 4.30. The van der Waals surface area contributed by atoms with Crippen molar-refractivity contribution in [2.24, 2.45) is 0 Å². The van der Waals surface area contributed by atoms with Crippen LogP contribution in [-0.2, 0) is 0 Å². The molecule has 2 nitrogen and oxygen atoms in total. The molecule has 0 unspecified atom stereocenters. The molecule has 52 valence electrons. The summed E-state index contributed by atoms with van der Waals surface area (Å²) in [6, 6.07) is 0. The Morgan fingerprint density at radius 1 is 1.22 bits per heavy atom. The van der Waals surface area contributed by atoms with E-state index in [9.17, 15) is 0 Å². The van der Waals surface area contributed by atoms with Gasteiger partial charge in [0.1, 0.15) is 0 Å². The Morgan fingerprint density at radius 3 is 2.11 bits per heavy atom. The minimum atomic E-state index is -1.08. The first-order valence-electron chi connectivity index (χ1n) is 3.24. The lowest BCUT2D eigenvalue weighted by atomic mass is 9.69. The summed E-state index contributed by atoms with van der Waals surface area (Å²) < 4.78 is 0. The van der Waals surface area contributed by atoms with Crippen LogP contribution in [0.3, 0.4) is 0 Å². The maximum Gasteiger partial charge on any atom is 0.454 e. The summed E-state index contributed by atoms with van der Waals surface area (Å²) >= 11 is 1.89. The molecule has 0 radical (unpaired) electrons. The summed E-state index contributed by atoms with van der Waals surface area (Å²) in [5.41, 5.74) is 0. The van der Waals surface area contributed by atoms with Crippen LogP contribution < -0.4 is 0 Å². The Balaban J connectivity index is 2.23. The molecule has 1 fully saturated rings. The van der Waals surface area contributed by atoms with E-state index in [4.69, 9.17) is 10.0 Å². The average Bonchev–Trinajstić information content (AvgIpc) is 1.90. The second-order valence-corrected chi connectivity index (χ2v) is 3.59. The molecule has 1 heterocycles. The number of thioether (sulfide) groups is 1. The predicted molar refractivity (Wildman–Crippen MR) is 40.5 cm³/mol. The summed E-state index contributed by atoms with van der Waals surface area (Å²) in [6.45, 7) is 0. The SMILES string of the molecule is OB(O)C1CCSCC1. The van der Waals surface area contributed by atoms with Crippen molar-refractivity contribution in [2.75, 3.05) is 11.5 Å². The highest BCUT2D eigenvalue weighted by molar-refractivity contribution is 7.99. The van der Waals surface area contributed by atoms with Crippen molar-refractivity contribution in [3.8, 4) is 0 Å². The van der Waals surface area contributed by atoms with E-state index in [1.54, 1.807) is 0 Å². The molecule has 0 spiro atoms. The summed E-state index contributed by atoms with van der Waals surface area (Å²) in [5, 5.41) is 17.4. The monoisotopic (exact) mass is 146 g/mol. The molecule has 1 saturated heterocycles. The molecule has 0 aromatic heterocycles. The second kappa shape index (κ2) is 3.49. The molecular formula is C5H11BO2S. The van der Waals surface area contributed by atoms with Crippen LogP contribution in [0.25, 0.3) is 0 Å². The molecule has 0 aromatic carbocycles. The fourth-order valence-electron chi connectivity index (χ4n) is 1.01. The second-order valence-electron chi connectivity index (χ2n) is 2.36. The van der Waals surface area contributed by atoms with Crippen molar-refractivity contribution >= 4 is 18.9 Å². The molecule has 0 aliphatic carbocycles. The van der Waals surface area contributed by atoms with E-state index >= 15 is 0 Å². The van der Waals surface area contributed by atoms with Crippen LogP contribution in [0.1, 0.15) is 12.8 Å². The van der Waals surface area contributed by atoms with Crippen LogP contribution in [-0.4, -0.2) is 28.7 Å². The van der Waals surface area contributed by atoms with E-state index in [1.165, 1.54) is 0 Å². The van der Waals surface area contributed by atoms with Gasteiger partial charge in [0.05, 0.1) is 0 Å². The number of hydrogen-bond acceptors (Lipinski definition) is 3. The lowest BCUT2D eigenvalue weighted by molar-refractivity contribution is 0.378. The zero-order chi connectivity index (χ0) is 6.69. The number of hydrogen-bond donors (Lipinski definition) is 2. The third-order valence-electron chi connectivity index (χ3n) is 1.69. The van der Waals surface area contributed by atoms with E-state index in [0.29, 0.717) is 0 Å². The smallest absolute Gasteiger partial charge is 0.427 e. The topological polar surface area (TPSA) is 40.5 Å². The van der Waals surface area contributed by atoms with E-state index in [2.05, 4.69) is 0 Å². The fraction of sp³-hybridized carbons (Fsp3) is 1.00. The highest BCUT2D eigenvalue weighted by Gasteiger charge is 2.24. The van der Waals surface area contributed by atoms with Crippen molar-refractivity contribution in [3.05, 3.63) is 0 Å². The normalized spacial score (nSPS) is 22.0. The summed E-state index contributed by atoms with van der Waals surface area (Å²) in [5.74, 6) is 2.32. The molecule has 4 heteroatoms. The van der Waals surface area contributed by atoms with Gasteiger partial charge in [-0.3, -0.25) is 0 Å². The first-order valence-corrected chi connectivity index (χ1v) is 4.40. The fourth-order valence-corrected chi connectivity index (χ4v) is 2.16. The maximum atomic E-state index is 8.72. The van der Waals surface area contributed by atoms with E-state index in [1.807, 2.05) is 11.8 Å². The summed E-state index contributed by atoms with van der Waals surface area (Å²) in [7, 11) is -1.08. The lowest BCUT2D eigenvalue weighted by Gasteiger charge is -2.19. The zero-order valence-electron chi connectivity index (χ0n) is 5.29. The Morgan fingerprint density at radius 2 is 1.78 bits per heavy atom. The molecule has 2 N–H and O–H groups in total. The van der Waals surface area contributed by atoms with E-state index < -0.39 is 7.12 Å². The van der Waals surface area contributed by atoms with Gasteiger partial charge in [-0.05, 0) is 30.2 Å². The largest absolute Gasteiger partial charge is 0.454 e. The molecule has 9 heavy (non-hydrogen) atoms. The minimum absolute atomic E-state index is 0.145.